The zero-order valence-electron chi connectivity index (χ0n) is 15.9. The Bertz CT molecular complexity index is 957. The van der Waals surface area contributed by atoms with Gasteiger partial charge in [0, 0.05) is 16.4 Å². The van der Waals surface area contributed by atoms with Crippen LogP contribution < -0.4 is 15.4 Å². The summed E-state index contributed by atoms with van der Waals surface area (Å²) in [6, 6.07) is 12.9. The maximum absolute atomic E-state index is 12.4. The summed E-state index contributed by atoms with van der Waals surface area (Å²) in [6.45, 7) is 5.80. The molecule has 1 aromatic heterocycles. The fourth-order valence-electron chi connectivity index (χ4n) is 2.48. The van der Waals surface area contributed by atoms with E-state index in [4.69, 9.17) is 16.3 Å². The zero-order valence-corrected chi connectivity index (χ0v) is 16.6. The minimum absolute atomic E-state index is 0.124. The summed E-state index contributed by atoms with van der Waals surface area (Å²) in [4.78, 5) is 20.8. The highest BCUT2D eigenvalue weighted by Gasteiger charge is 2.11. The van der Waals surface area contributed by atoms with Crippen molar-refractivity contribution in [1.82, 2.24) is 9.97 Å². The third-order valence-corrected chi connectivity index (χ3v) is 4.31. The monoisotopic (exact) mass is 396 g/mol. The van der Waals surface area contributed by atoms with Gasteiger partial charge in [-0.3, -0.25) is 4.79 Å². The number of nitrogens with one attached hydrogen (secondary N) is 2. The zero-order chi connectivity index (χ0) is 20.1. The molecule has 0 saturated heterocycles. The maximum Gasteiger partial charge on any atom is 0.275 e. The van der Waals surface area contributed by atoms with Crippen molar-refractivity contribution in [2.45, 2.75) is 26.9 Å². The van der Waals surface area contributed by atoms with Gasteiger partial charge in [0.25, 0.3) is 5.91 Å². The molecule has 0 spiro atoms. The number of amides is 1. The third kappa shape index (κ3) is 4.98. The van der Waals surface area contributed by atoms with Gasteiger partial charge in [-0.2, -0.15) is 0 Å². The van der Waals surface area contributed by atoms with Gasteiger partial charge >= 0.3 is 0 Å². The quantitative estimate of drug-likeness (QED) is 0.597. The summed E-state index contributed by atoms with van der Waals surface area (Å²) < 4.78 is 5.62. The first-order valence-corrected chi connectivity index (χ1v) is 9.22. The molecule has 2 N–H and O–H groups in total. The second-order valence-corrected chi connectivity index (χ2v) is 6.88. The fraction of sp³-hybridized carbons (Fsp3) is 0.190. The number of halogens is 1. The molecule has 0 aliphatic heterocycles. The van der Waals surface area contributed by atoms with Crippen molar-refractivity contribution >= 4 is 34.7 Å². The number of aromatic nitrogens is 2. The van der Waals surface area contributed by atoms with Gasteiger partial charge < -0.3 is 15.4 Å². The summed E-state index contributed by atoms with van der Waals surface area (Å²) in [7, 11) is 0. The topological polar surface area (TPSA) is 76.1 Å². The van der Waals surface area contributed by atoms with E-state index in [1.807, 2.05) is 45.0 Å². The van der Waals surface area contributed by atoms with Gasteiger partial charge in [-0.1, -0.05) is 17.7 Å². The first-order chi connectivity index (χ1) is 13.4. The van der Waals surface area contributed by atoms with Gasteiger partial charge in [-0.25, -0.2) is 9.97 Å². The molecule has 0 fully saturated rings. The number of hydrogen-bond donors (Lipinski definition) is 2. The van der Waals surface area contributed by atoms with Crippen molar-refractivity contribution in [2.75, 3.05) is 10.6 Å². The lowest BCUT2D eigenvalue weighted by Crippen LogP contribution is -2.15. The summed E-state index contributed by atoms with van der Waals surface area (Å²) in [6.07, 6.45) is 3.06. The average Bonchev–Trinajstić information content (AvgIpc) is 2.67. The van der Waals surface area contributed by atoms with Gasteiger partial charge in [-0.05, 0) is 62.7 Å². The Morgan fingerprint density at radius 2 is 1.82 bits per heavy atom. The molecule has 3 aromatic rings. The molecule has 0 aliphatic rings. The Kier molecular flexibility index (Phi) is 6.11. The number of carbonyl (C=O) groups is 1. The van der Waals surface area contributed by atoms with Crippen LogP contribution >= 0.6 is 11.6 Å². The second kappa shape index (κ2) is 8.71. The van der Waals surface area contributed by atoms with Crippen molar-refractivity contribution in [1.29, 1.82) is 0 Å². The van der Waals surface area contributed by atoms with E-state index in [2.05, 4.69) is 20.6 Å². The van der Waals surface area contributed by atoms with Crippen LogP contribution in [0.3, 0.4) is 0 Å². The third-order valence-electron chi connectivity index (χ3n) is 3.90. The molecule has 1 heterocycles. The van der Waals surface area contributed by atoms with Crippen molar-refractivity contribution in [3.63, 3.8) is 0 Å². The van der Waals surface area contributed by atoms with E-state index in [0.29, 0.717) is 16.5 Å². The van der Waals surface area contributed by atoms with Crippen LogP contribution in [0.4, 0.5) is 17.2 Å². The van der Waals surface area contributed by atoms with Crippen molar-refractivity contribution in [3.8, 4) is 5.75 Å². The maximum atomic E-state index is 12.4. The van der Waals surface area contributed by atoms with Gasteiger partial charge in [0.2, 0.25) is 0 Å². The largest absolute Gasteiger partial charge is 0.491 e. The highest BCUT2D eigenvalue weighted by molar-refractivity contribution is 6.31. The number of carbonyl (C=O) groups excluding carboxylic acids is 1. The molecule has 28 heavy (non-hydrogen) atoms. The van der Waals surface area contributed by atoms with E-state index in [1.54, 1.807) is 18.2 Å². The SMILES string of the molecule is Cc1c(Cl)cccc1NC(=O)c1cnc(Nc2ccc(OC(C)C)cc2)cn1. The summed E-state index contributed by atoms with van der Waals surface area (Å²) >= 11 is 6.08. The van der Waals surface area contributed by atoms with E-state index in [1.165, 1.54) is 12.4 Å². The molecule has 0 unspecified atom stereocenters. The highest BCUT2D eigenvalue weighted by atomic mass is 35.5. The normalized spacial score (nSPS) is 10.6. The van der Waals surface area contributed by atoms with Crippen LogP contribution in [0.5, 0.6) is 5.75 Å². The molecule has 2 aromatic carbocycles. The molecule has 3 rings (SSSR count). The van der Waals surface area contributed by atoms with Gasteiger partial charge in [0.05, 0.1) is 18.5 Å². The van der Waals surface area contributed by atoms with E-state index >= 15 is 0 Å². The fourth-order valence-corrected chi connectivity index (χ4v) is 2.65. The molecule has 0 radical (unpaired) electrons. The van der Waals surface area contributed by atoms with Crippen LogP contribution in [0.1, 0.15) is 29.9 Å². The lowest BCUT2D eigenvalue weighted by Gasteiger charge is -2.11. The number of anilines is 3. The minimum Gasteiger partial charge on any atom is -0.491 e. The molecule has 144 valence electrons. The smallest absolute Gasteiger partial charge is 0.275 e. The first kappa shape index (κ1) is 19.6. The van der Waals surface area contributed by atoms with Gasteiger partial charge in [-0.15, -0.1) is 0 Å². The van der Waals surface area contributed by atoms with Crippen LogP contribution in [0.15, 0.2) is 54.9 Å². The predicted molar refractivity (Wildman–Crippen MR) is 112 cm³/mol. The molecule has 0 atom stereocenters. The molecule has 7 heteroatoms. The average molecular weight is 397 g/mol. The van der Waals surface area contributed by atoms with E-state index in [0.717, 1.165) is 17.0 Å². The highest BCUT2D eigenvalue weighted by Crippen LogP contribution is 2.23. The Morgan fingerprint density at radius 3 is 2.46 bits per heavy atom. The van der Waals surface area contributed by atoms with Crippen LogP contribution in [0, 0.1) is 6.92 Å². The molecular formula is C21H21ClN4O2. The van der Waals surface area contributed by atoms with E-state index in [9.17, 15) is 4.79 Å². The lowest BCUT2D eigenvalue weighted by atomic mass is 10.2. The van der Waals surface area contributed by atoms with E-state index in [-0.39, 0.29) is 17.7 Å². The second-order valence-electron chi connectivity index (χ2n) is 6.47. The summed E-state index contributed by atoms with van der Waals surface area (Å²) in [5, 5.41) is 6.53. The standard InChI is InChI=1S/C21H21ClN4O2/c1-13(2)28-16-9-7-15(8-10-16)25-20-12-23-19(11-24-20)21(27)26-18-6-4-5-17(22)14(18)3/h4-13H,1-3H3,(H,24,25)(H,26,27). The molecule has 0 bridgehead atoms. The van der Waals surface area contributed by atoms with Crippen molar-refractivity contribution in [3.05, 3.63) is 71.1 Å². The molecular weight excluding hydrogens is 376 g/mol. The Morgan fingerprint density at radius 1 is 1.07 bits per heavy atom. The van der Waals surface area contributed by atoms with E-state index < -0.39 is 0 Å². The number of ether oxygens (including phenoxy) is 1. The lowest BCUT2D eigenvalue weighted by molar-refractivity contribution is 0.102. The molecule has 0 aliphatic carbocycles. The number of nitrogens with zero attached hydrogens (tertiary/aromatic N) is 2. The molecule has 6 nitrogen and oxygen atoms in total. The van der Waals surface area contributed by atoms with Gasteiger partial charge in [0.15, 0.2) is 0 Å². The van der Waals surface area contributed by atoms with Gasteiger partial charge in [0.1, 0.15) is 17.3 Å². The van der Waals surface area contributed by atoms with Crippen LogP contribution in [-0.2, 0) is 0 Å². The van der Waals surface area contributed by atoms with Crippen molar-refractivity contribution < 1.29 is 9.53 Å². The number of hydrogen-bond acceptors (Lipinski definition) is 5. The molecule has 1 amide bonds. The predicted octanol–water partition coefficient (Wildman–Crippen LogP) is 5.22. The number of benzene rings is 2. The van der Waals surface area contributed by atoms with Crippen LogP contribution in [0.25, 0.3) is 0 Å². The Hall–Kier alpha value is -3.12. The Labute approximate surface area is 168 Å². The van der Waals surface area contributed by atoms with Crippen LogP contribution in [0.2, 0.25) is 5.02 Å². The summed E-state index contributed by atoms with van der Waals surface area (Å²) in [5.41, 5.74) is 2.50. The van der Waals surface area contributed by atoms with Crippen molar-refractivity contribution in [2.24, 2.45) is 0 Å². The summed E-state index contributed by atoms with van der Waals surface area (Å²) in [5.74, 6) is 0.988. The minimum atomic E-state index is -0.348. The van der Waals surface area contributed by atoms with Crippen LogP contribution in [-0.4, -0.2) is 22.0 Å². The molecule has 0 saturated carbocycles. The number of rotatable bonds is 6. The Balaban J connectivity index is 1.64. The first-order valence-electron chi connectivity index (χ1n) is 8.84.